The lowest BCUT2D eigenvalue weighted by atomic mass is 10.2. The number of thiol groups is 1. The molecule has 0 unspecified atom stereocenters. The van der Waals surface area contributed by atoms with Gasteiger partial charge in [-0.05, 0) is 18.4 Å². The van der Waals surface area contributed by atoms with Crippen LogP contribution in [0.1, 0.15) is 6.42 Å². The van der Waals surface area contributed by atoms with Crippen LogP contribution >= 0.6 is 24.4 Å². The van der Waals surface area contributed by atoms with E-state index in [1.54, 1.807) is 11.8 Å². The minimum atomic E-state index is -0.184. The van der Waals surface area contributed by atoms with Gasteiger partial charge in [-0.25, -0.2) is 0 Å². The van der Waals surface area contributed by atoms with Crippen LogP contribution in [0, 0.1) is 0 Å². The van der Waals surface area contributed by atoms with Crippen molar-refractivity contribution in [3.8, 4) is 0 Å². The van der Waals surface area contributed by atoms with E-state index >= 15 is 0 Å². The summed E-state index contributed by atoms with van der Waals surface area (Å²) in [4.78, 5) is 11.2. The molecule has 1 N–H and O–H groups in total. The number of methoxy groups -OCH3 is 1. The molecule has 0 saturated carbocycles. The Labute approximate surface area is 89.4 Å². The zero-order valence-corrected chi connectivity index (χ0v) is 9.79. The van der Waals surface area contributed by atoms with Crippen molar-refractivity contribution in [2.75, 3.05) is 31.4 Å². The number of ether oxygens (including phenoxy) is 1. The van der Waals surface area contributed by atoms with E-state index < -0.39 is 0 Å². The van der Waals surface area contributed by atoms with Crippen LogP contribution in [0.4, 0.5) is 0 Å². The topological polar surface area (TPSA) is 38.3 Å². The van der Waals surface area contributed by atoms with E-state index in [2.05, 4.69) is 22.7 Å². The van der Waals surface area contributed by atoms with E-state index in [0.29, 0.717) is 0 Å². The maximum Gasteiger partial charge on any atom is 0.322 e. The molecule has 0 bridgehead atoms. The van der Waals surface area contributed by atoms with E-state index in [0.717, 1.165) is 24.5 Å². The van der Waals surface area contributed by atoms with E-state index in [1.807, 2.05) is 6.26 Å². The van der Waals surface area contributed by atoms with Crippen LogP contribution in [0.15, 0.2) is 0 Å². The molecule has 78 valence electrons. The number of esters is 1. The predicted molar refractivity (Wildman–Crippen MR) is 60.7 cm³/mol. The minimum Gasteiger partial charge on any atom is -0.468 e. The molecule has 0 radical (unpaired) electrons. The number of hydrogen-bond acceptors (Lipinski definition) is 5. The van der Waals surface area contributed by atoms with Gasteiger partial charge in [-0.1, -0.05) is 0 Å². The molecular formula is C8H17NO2S2. The number of nitrogens with one attached hydrogen (secondary N) is 1. The molecule has 0 aliphatic heterocycles. The highest BCUT2D eigenvalue weighted by Crippen LogP contribution is 2.02. The molecule has 0 fully saturated rings. The molecule has 0 aromatic carbocycles. The SMILES string of the molecule is COC(=O)[C@H](CCSC)NCCS. The van der Waals surface area contributed by atoms with Crippen molar-refractivity contribution in [3.63, 3.8) is 0 Å². The first kappa shape index (κ1) is 13.1. The number of carbonyl (C=O) groups is 1. The maximum atomic E-state index is 11.2. The number of rotatable bonds is 7. The zero-order valence-electron chi connectivity index (χ0n) is 8.08. The monoisotopic (exact) mass is 223 g/mol. The van der Waals surface area contributed by atoms with E-state index in [1.165, 1.54) is 7.11 Å². The highest BCUT2D eigenvalue weighted by molar-refractivity contribution is 7.98. The smallest absolute Gasteiger partial charge is 0.322 e. The Morgan fingerprint density at radius 3 is 2.85 bits per heavy atom. The van der Waals surface area contributed by atoms with Crippen LogP contribution in [0.5, 0.6) is 0 Å². The van der Waals surface area contributed by atoms with Gasteiger partial charge in [0.15, 0.2) is 0 Å². The van der Waals surface area contributed by atoms with Crippen molar-refractivity contribution in [2.24, 2.45) is 0 Å². The summed E-state index contributed by atoms with van der Waals surface area (Å²) in [5.74, 6) is 1.50. The molecule has 0 amide bonds. The van der Waals surface area contributed by atoms with Crippen LogP contribution in [-0.4, -0.2) is 43.4 Å². The fourth-order valence-corrected chi connectivity index (χ4v) is 1.52. The quantitative estimate of drug-likeness (QED) is 0.495. The number of carbonyl (C=O) groups excluding carboxylic acids is 1. The second kappa shape index (κ2) is 8.72. The maximum absolute atomic E-state index is 11.2. The van der Waals surface area contributed by atoms with Gasteiger partial charge in [-0.3, -0.25) is 4.79 Å². The number of thioether (sulfide) groups is 1. The van der Waals surface area contributed by atoms with Crippen LogP contribution in [0.3, 0.4) is 0 Å². The molecule has 0 aromatic heterocycles. The highest BCUT2D eigenvalue weighted by Gasteiger charge is 2.16. The van der Waals surface area contributed by atoms with E-state index in [9.17, 15) is 4.79 Å². The highest BCUT2D eigenvalue weighted by atomic mass is 32.2. The van der Waals surface area contributed by atoms with Crippen LogP contribution in [-0.2, 0) is 9.53 Å². The summed E-state index contributed by atoms with van der Waals surface area (Å²) in [6.45, 7) is 0.733. The van der Waals surface area contributed by atoms with Gasteiger partial charge in [0.2, 0.25) is 0 Å². The van der Waals surface area contributed by atoms with Gasteiger partial charge in [0.05, 0.1) is 7.11 Å². The summed E-state index contributed by atoms with van der Waals surface area (Å²) in [7, 11) is 1.41. The van der Waals surface area contributed by atoms with Crippen molar-refractivity contribution in [1.82, 2.24) is 5.32 Å². The fourth-order valence-electron chi connectivity index (χ4n) is 0.920. The molecule has 5 heteroatoms. The van der Waals surface area contributed by atoms with Gasteiger partial charge in [0, 0.05) is 12.3 Å². The van der Waals surface area contributed by atoms with Gasteiger partial charge in [-0.2, -0.15) is 24.4 Å². The van der Waals surface area contributed by atoms with Gasteiger partial charge < -0.3 is 10.1 Å². The molecular weight excluding hydrogens is 206 g/mol. The first-order valence-corrected chi connectivity index (χ1v) is 6.20. The van der Waals surface area contributed by atoms with Crippen molar-refractivity contribution >= 4 is 30.4 Å². The lowest BCUT2D eigenvalue weighted by Crippen LogP contribution is -2.39. The molecule has 1 atom stereocenters. The van der Waals surface area contributed by atoms with E-state index in [4.69, 9.17) is 0 Å². The van der Waals surface area contributed by atoms with Crippen molar-refractivity contribution in [2.45, 2.75) is 12.5 Å². The Morgan fingerprint density at radius 1 is 1.69 bits per heavy atom. The molecule has 0 aromatic rings. The van der Waals surface area contributed by atoms with Crippen molar-refractivity contribution < 1.29 is 9.53 Å². The first-order valence-electron chi connectivity index (χ1n) is 4.17. The third kappa shape index (κ3) is 6.23. The molecule has 13 heavy (non-hydrogen) atoms. The summed E-state index contributed by atoms with van der Waals surface area (Å²) in [5, 5.41) is 3.09. The van der Waals surface area contributed by atoms with Gasteiger partial charge in [-0.15, -0.1) is 0 Å². The molecule has 0 heterocycles. The first-order chi connectivity index (χ1) is 6.26. The summed E-state index contributed by atoms with van der Waals surface area (Å²) >= 11 is 5.79. The van der Waals surface area contributed by atoms with Crippen LogP contribution < -0.4 is 5.32 Å². The Morgan fingerprint density at radius 2 is 2.38 bits per heavy atom. The molecule has 0 aliphatic rings. The summed E-state index contributed by atoms with van der Waals surface area (Å²) < 4.78 is 4.67. The summed E-state index contributed by atoms with van der Waals surface area (Å²) in [5.41, 5.74) is 0. The Kier molecular flexibility index (Phi) is 8.80. The van der Waals surface area contributed by atoms with Gasteiger partial charge in [0.25, 0.3) is 0 Å². The minimum absolute atomic E-state index is 0.176. The third-order valence-electron chi connectivity index (χ3n) is 1.60. The average molecular weight is 223 g/mol. The standard InChI is InChI=1S/C8H17NO2S2/c1-11-8(10)7(3-6-13-2)9-4-5-12/h7,9,12H,3-6H2,1-2H3/t7-/m0/s1. The van der Waals surface area contributed by atoms with Gasteiger partial charge >= 0.3 is 5.97 Å². The molecule has 0 saturated heterocycles. The van der Waals surface area contributed by atoms with Crippen molar-refractivity contribution in [3.05, 3.63) is 0 Å². The lowest BCUT2D eigenvalue weighted by Gasteiger charge is -2.14. The number of hydrogen-bond donors (Lipinski definition) is 2. The third-order valence-corrected chi connectivity index (χ3v) is 2.47. The molecule has 3 nitrogen and oxygen atoms in total. The van der Waals surface area contributed by atoms with Gasteiger partial charge in [0.1, 0.15) is 6.04 Å². The van der Waals surface area contributed by atoms with Crippen LogP contribution in [0.2, 0.25) is 0 Å². The van der Waals surface area contributed by atoms with Crippen LogP contribution in [0.25, 0.3) is 0 Å². The molecule has 0 aliphatic carbocycles. The van der Waals surface area contributed by atoms with Crippen molar-refractivity contribution in [1.29, 1.82) is 0 Å². The Balaban J connectivity index is 3.79. The predicted octanol–water partition coefficient (Wildman–Crippen LogP) is 0.800. The lowest BCUT2D eigenvalue weighted by molar-refractivity contribution is -0.143. The average Bonchev–Trinajstić information content (AvgIpc) is 2.17. The summed E-state index contributed by atoms with van der Waals surface area (Å²) in [6.07, 6.45) is 2.83. The Bertz CT molecular complexity index is 136. The largest absolute Gasteiger partial charge is 0.468 e. The Hall–Kier alpha value is 0.130. The second-order valence-electron chi connectivity index (χ2n) is 2.53. The molecule has 0 spiro atoms. The zero-order chi connectivity index (χ0) is 10.1. The molecule has 0 rings (SSSR count). The summed E-state index contributed by atoms with van der Waals surface area (Å²) in [6, 6.07) is -0.176. The van der Waals surface area contributed by atoms with E-state index in [-0.39, 0.29) is 12.0 Å². The normalized spacial score (nSPS) is 12.5. The fraction of sp³-hybridized carbons (Fsp3) is 0.875. The second-order valence-corrected chi connectivity index (χ2v) is 3.97.